The van der Waals surface area contributed by atoms with Crippen LogP contribution in [0.5, 0.6) is 5.75 Å². The SMILES string of the molecule is Cc1sc2c(c1C)C(c1ccc(Cl)cc1)=N[C@@H](CC(=O)N[C@H]1C[C@H](Oc3ccc(CC(=O)N[C@H](C(=O)N4C[C@H](O)C[C@H]4C(=O)N[C@@H](C)c4ccc(-c5cnnn5C)cc4)C(C)(C)C)cc3)C1)c1nnc(C)n1-2. The predicted octanol–water partition coefficient (Wildman–Crippen LogP) is 6.62. The number of benzene rings is 3. The van der Waals surface area contributed by atoms with E-state index in [9.17, 15) is 24.3 Å². The highest BCUT2D eigenvalue weighted by Crippen LogP contribution is 2.40. The number of rotatable bonds is 14. The Balaban J connectivity index is 0.768. The van der Waals surface area contributed by atoms with Crippen LogP contribution in [0.4, 0.5) is 0 Å². The Labute approximate surface area is 427 Å². The molecule has 5 heterocycles. The molecule has 1 saturated heterocycles. The maximum atomic E-state index is 14.3. The average molecular weight is 1010 g/mol. The number of likely N-dealkylation sites (tertiary alicyclic amines) is 1. The van der Waals surface area contributed by atoms with E-state index in [2.05, 4.69) is 50.3 Å². The molecule has 9 rings (SSSR count). The number of halogens is 1. The van der Waals surface area contributed by atoms with Crippen molar-refractivity contribution in [3.05, 3.63) is 128 Å². The van der Waals surface area contributed by atoms with Crippen molar-refractivity contribution in [1.82, 2.24) is 50.6 Å². The number of nitrogens with zero attached hydrogens (tertiary/aromatic N) is 8. The average Bonchev–Trinajstić information content (AvgIpc) is 4.10. The van der Waals surface area contributed by atoms with Crippen LogP contribution in [0.3, 0.4) is 0 Å². The van der Waals surface area contributed by atoms with Gasteiger partial charge in [-0.2, -0.15) is 0 Å². The van der Waals surface area contributed by atoms with E-state index in [0.29, 0.717) is 29.4 Å². The monoisotopic (exact) mass is 1010 g/mol. The molecule has 17 nitrogen and oxygen atoms in total. The summed E-state index contributed by atoms with van der Waals surface area (Å²) in [7, 11) is 1.82. The van der Waals surface area contributed by atoms with Gasteiger partial charge in [-0.25, -0.2) is 4.68 Å². The molecule has 19 heteroatoms. The van der Waals surface area contributed by atoms with Crippen molar-refractivity contribution in [2.45, 2.75) is 123 Å². The molecule has 2 aliphatic heterocycles. The molecule has 4 amide bonds. The molecule has 6 aromatic rings. The first kappa shape index (κ1) is 50.2. The van der Waals surface area contributed by atoms with Crippen LogP contribution in [-0.2, 0) is 32.6 Å². The summed E-state index contributed by atoms with van der Waals surface area (Å²) in [5.41, 5.74) is 6.48. The molecule has 3 aromatic heterocycles. The Hall–Kier alpha value is -6.76. The number of ether oxygens (including phenoxy) is 1. The van der Waals surface area contributed by atoms with Crippen LogP contribution >= 0.6 is 22.9 Å². The minimum absolute atomic E-state index is 0.00715. The van der Waals surface area contributed by atoms with Gasteiger partial charge in [-0.1, -0.05) is 86.1 Å². The molecule has 1 aliphatic carbocycles. The van der Waals surface area contributed by atoms with Gasteiger partial charge < -0.3 is 30.7 Å². The molecule has 72 heavy (non-hydrogen) atoms. The van der Waals surface area contributed by atoms with Crippen LogP contribution in [0.2, 0.25) is 5.02 Å². The molecule has 5 atom stereocenters. The molecule has 0 spiro atoms. The van der Waals surface area contributed by atoms with Gasteiger partial charge in [0, 0.05) is 65.5 Å². The van der Waals surface area contributed by atoms with Crippen molar-refractivity contribution < 1.29 is 29.0 Å². The number of aliphatic imine (C=N–C) groups is 1. The summed E-state index contributed by atoms with van der Waals surface area (Å²) in [6.45, 7) is 13.5. The summed E-state index contributed by atoms with van der Waals surface area (Å²) in [6.07, 6.45) is 2.11. The van der Waals surface area contributed by atoms with Crippen molar-refractivity contribution in [3.63, 3.8) is 0 Å². The van der Waals surface area contributed by atoms with Crippen LogP contribution in [0.1, 0.15) is 110 Å². The summed E-state index contributed by atoms with van der Waals surface area (Å²) in [5.74, 6) is 0.665. The zero-order valence-corrected chi connectivity index (χ0v) is 43.2. The molecular weight excluding hydrogens is 954 g/mol. The maximum Gasteiger partial charge on any atom is 0.246 e. The lowest BCUT2D eigenvalue weighted by Crippen LogP contribution is -2.58. The Kier molecular flexibility index (Phi) is 14.2. The summed E-state index contributed by atoms with van der Waals surface area (Å²) in [6, 6.07) is 19.7. The van der Waals surface area contributed by atoms with Gasteiger partial charge in [-0.15, -0.1) is 26.6 Å². The number of carbonyl (C=O) groups excluding carboxylic acids is 4. The number of fused-ring (bicyclic) bond motifs is 3. The van der Waals surface area contributed by atoms with Gasteiger partial charge in [-0.3, -0.25) is 28.7 Å². The molecule has 0 radical (unpaired) electrons. The maximum absolute atomic E-state index is 14.3. The van der Waals surface area contributed by atoms with Gasteiger partial charge >= 0.3 is 0 Å². The number of β-amino-alcohol motifs (C(OH)–C–C–N with tert-alkyl or cyclic N) is 1. The van der Waals surface area contributed by atoms with E-state index >= 15 is 0 Å². The first-order valence-electron chi connectivity index (χ1n) is 24.3. The molecule has 1 saturated carbocycles. The fourth-order valence-electron chi connectivity index (χ4n) is 9.66. The van der Waals surface area contributed by atoms with Gasteiger partial charge in [0.25, 0.3) is 0 Å². The molecule has 2 fully saturated rings. The standard InChI is InChI=1S/C53H60ClN11O6S/c1-28-30(3)72-52-46(28)47(35-15-17-36(54)18-16-35)58-41(49-61-60-31(4)65(49)52)25-45(68)57-37-22-40(23-37)71-39-19-9-32(10-20-39)21-44(67)59-48(53(5,6)7)51(70)64-27-38(66)24-42(64)50(69)56-29(2)33-11-13-34(14-12-33)43-26-55-62-63(43)8/h9-20,26,29,37-38,40-42,48,66H,21-25,27H2,1-8H3,(H,56,69)(H,57,68)(H,59,67)/t29-,37-,38+,40-,41-,42-,48+/m0/s1. The van der Waals surface area contributed by atoms with E-state index in [-0.39, 0.29) is 61.7 Å². The Morgan fingerprint density at radius 2 is 1.60 bits per heavy atom. The third kappa shape index (κ3) is 10.6. The normalized spacial score (nSPS) is 20.3. The van der Waals surface area contributed by atoms with Gasteiger partial charge in [0.2, 0.25) is 23.6 Å². The largest absolute Gasteiger partial charge is 0.490 e. The number of hydrogen-bond acceptors (Lipinski definition) is 12. The number of aliphatic hydroxyl groups is 1. The third-order valence-corrected chi connectivity index (χ3v) is 15.3. The van der Waals surface area contributed by atoms with Crippen molar-refractivity contribution in [2.24, 2.45) is 17.5 Å². The summed E-state index contributed by atoms with van der Waals surface area (Å²) >= 11 is 7.93. The number of aliphatic hydroxyl groups excluding tert-OH is 1. The number of aromatic nitrogens is 6. The number of aryl methyl sites for hydroxylation is 3. The lowest BCUT2D eigenvalue weighted by atomic mass is 9.85. The molecule has 0 unspecified atom stereocenters. The minimum atomic E-state index is -0.967. The van der Waals surface area contributed by atoms with E-state index in [1.165, 1.54) is 9.78 Å². The molecule has 376 valence electrons. The van der Waals surface area contributed by atoms with Gasteiger partial charge in [-0.05, 0) is 74.1 Å². The van der Waals surface area contributed by atoms with E-state index < -0.39 is 35.6 Å². The number of amides is 4. The molecular formula is C53H60ClN11O6S. The van der Waals surface area contributed by atoms with Crippen molar-refractivity contribution >= 4 is 52.3 Å². The van der Waals surface area contributed by atoms with Crippen molar-refractivity contribution in [3.8, 4) is 22.0 Å². The molecule has 0 bridgehead atoms. The highest BCUT2D eigenvalue weighted by molar-refractivity contribution is 7.15. The van der Waals surface area contributed by atoms with Crippen LogP contribution < -0.4 is 20.7 Å². The van der Waals surface area contributed by atoms with E-state index in [0.717, 1.165) is 55.6 Å². The number of carbonyl (C=O) groups is 4. The lowest BCUT2D eigenvalue weighted by Gasteiger charge is -2.36. The van der Waals surface area contributed by atoms with Gasteiger partial charge in [0.15, 0.2) is 5.82 Å². The van der Waals surface area contributed by atoms with Crippen LogP contribution in [-0.4, -0.2) is 106 Å². The van der Waals surface area contributed by atoms with Gasteiger partial charge in [0.1, 0.15) is 40.8 Å². The summed E-state index contributed by atoms with van der Waals surface area (Å²) < 4.78 is 9.97. The van der Waals surface area contributed by atoms with E-state index in [4.69, 9.17) is 21.3 Å². The smallest absolute Gasteiger partial charge is 0.246 e. The summed E-state index contributed by atoms with van der Waals surface area (Å²) in [5, 5.41) is 38.3. The van der Waals surface area contributed by atoms with Crippen LogP contribution in [0.25, 0.3) is 16.3 Å². The zero-order valence-electron chi connectivity index (χ0n) is 41.6. The molecule has 3 aromatic carbocycles. The Morgan fingerprint density at radius 1 is 0.903 bits per heavy atom. The third-order valence-electron chi connectivity index (χ3n) is 13.8. The van der Waals surface area contributed by atoms with Crippen LogP contribution in [0, 0.1) is 26.2 Å². The predicted molar refractivity (Wildman–Crippen MR) is 274 cm³/mol. The molecule has 3 aliphatic rings. The highest BCUT2D eigenvalue weighted by Gasteiger charge is 2.45. The second-order valence-corrected chi connectivity index (χ2v) is 21.9. The van der Waals surface area contributed by atoms with Crippen molar-refractivity contribution in [2.75, 3.05) is 6.54 Å². The quantitative estimate of drug-likeness (QED) is 0.0916. The molecule has 4 N–H and O–H groups in total. The fraction of sp³-hybridized carbons (Fsp3) is 0.415. The Bertz CT molecular complexity index is 3030. The number of hydrogen-bond donors (Lipinski definition) is 4. The lowest BCUT2D eigenvalue weighted by molar-refractivity contribution is -0.144. The highest BCUT2D eigenvalue weighted by atomic mass is 35.5. The van der Waals surface area contributed by atoms with Gasteiger partial charge in [0.05, 0.1) is 42.6 Å². The second kappa shape index (κ2) is 20.4. The number of thiophene rings is 1. The second-order valence-electron chi connectivity index (χ2n) is 20.3. The first-order valence-corrected chi connectivity index (χ1v) is 25.4. The van der Waals surface area contributed by atoms with Crippen LogP contribution in [0.15, 0.2) is 84.0 Å². The Morgan fingerprint density at radius 3 is 2.26 bits per heavy atom. The summed E-state index contributed by atoms with van der Waals surface area (Å²) in [4.78, 5) is 63.1. The topological polar surface area (TPSA) is 211 Å². The minimum Gasteiger partial charge on any atom is -0.490 e. The zero-order chi connectivity index (χ0) is 51.2. The van der Waals surface area contributed by atoms with E-state index in [1.54, 1.807) is 22.2 Å². The van der Waals surface area contributed by atoms with E-state index in [1.807, 2.05) is 119 Å². The van der Waals surface area contributed by atoms with Crippen molar-refractivity contribution in [1.29, 1.82) is 0 Å². The number of nitrogens with one attached hydrogen (secondary N) is 3. The fourth-order valence-corrected chi connectivity index (χ4v) is 11.0. The first-order chi connectivity index (χ1) is 34.3.